The van der Waals surface area contributed by atoms with E-state index in [0.717, 1.165) is 35.5 Å². The number of rotatable bonds is 7. The van der Waals surface area contributed by atoms with Gasteiger partial charge in [-0.2, -0.15) is 0 Å². The lowest BCUT2D eigenvalue weighted by atomic mass is 10.1. The molecule has 2 amide bonds. The van der Waals surface area contributed by atoms with E-state index in [9.17, 15) is 9.59 Å². The molecule has 0 saturated heterocycles. The SMILES string of the molecule is Cc1cc(C)nc(SCC(=O)N[C@@H](C)c2ccc(NC(=O)C3CC3)cc2)n1. The molecule has 1 atom stereocenters. The van der Waals surface area contributed by atoms with Crippen molar-refractivity contribution in [3.05, 3.63) is 47.3 Å². The molecule has 3 rings (SSSR count). The average Bonchev–Trinajstić information content (AvgIpc) is 3.45. The topological polar surface area (TPSA) is 84.0 Å². The van der Waals surface area contributed by atoms with Crippen molar-refractivity contribution in [2.45, 2.75) is 44.8 Å². The third-order valence-corrected chi connectivity index (χ3v) is 5.15. The monoisotopic (exact) mass is 384 g/mol. The molecular formula is C20H24N4O2S. The Labute approximate surface area is 163 Å². The van der Waals surface area contributed by atoms with Crippen molar-refractivity contribution in [2.75, 3.05) is 11.1 Å². The molecule has 0 radical (unpaired) electrons. The van der Waals surface area contributed by atoms with Crippen molar-refractivity contribution in [3.63, 3.8) is 0 Å². The maximum atomic E-state index is 12.2. The molecule has 1 aromatic heterocycles. The number of anilines is 1. The van der Waals surface area contributed by atoms with Crippen LogP contribution in [0.5, 0.6) is 0 Å². The molecule has 0 bridgehead atoms. The van der Waals surface area contributed by atoms with Crippen LogP contribution in [0.1, 0.15) is 42.8 Å². The van der Waals surface area contributed by atoms with Gasteiger partial charge in [-0.1, -0.05) is 23.9 Å². The van der Waals surface area contributed by atoms with E-state index in [-0.39, 0.29) is 29.5 Å². The molecule has 142 valence electrons. The van der Waals surface area contributed by atoms with Gasteiger partial charge in [0.1, 0.15) is 0 Å². The summed E-state index contributed by atoms with van der Waals surface area (Å²) in [5, 5.41) is 6.51. The summed E-state index contributed by atoms with van der Waals surface area (Å²) in [6.07, 6.45) is 1.97. The van der Waals surface area contributed by atoms with Gasteiger partial charge in [0, 0.05) is 23.0 Å². The normalized spacial score (nSPS) is 14.5. The number of benzene rings is 1. The van der Waals surface area contributed by atoms with Crippen LogP contribution in [0.25, 0.3) is 0 Å². The van der Waals surface area contributed by atoms with E-state index in [0.29, 0.717) is 5.16 Å². The standard InChI is InChI=1S/C20H24N4O2S/c1-12-10-13(2)22-20(21-12)27-11-18(25)23-14(3)15-6-8-17(9-7-15)24-19(26)16-4-5-16/h6-10,14,16H,4-5,11H2,1-3H3,(H,23,25)(H,24,26)/t14-/m0/s1. The summed E-state index contributed by atoms with van der Waals surface area (Å²) in [7, 11) is 0. The van der Waals surface area contributed by atoms with Crippen LogP contribution in [-0.2, 0) is 9.59 Å². The van der Waals surface area contributed by atoms with Gasteiger partial charge in [0.25, 0.3) is 0 Å². The van der Waals surface area contributed by atoms with Crippen molar-refractivity contribution >= 4 is 29.3 Å². The lowest BCUT2D eigenvalue weighted by Gasteiger charge is -2.15. The van der Waals surface area contributed by atoms with Gasteiger partial charge < -0.3 is 10.6 Å². The molecular weight excluding hydrogens is 360 g/mol. The fraction of sp³-hybridized carbons (Fsp3) is 0.400. The molecule has 1 fully saturated rings. The second-order valence-corrected chi connectivity index (χ2v) is 7.84. The fourth-order valence-electron chi connectivity index (χ4n) is 2.70. The first-order valence-corrected chi connectivity index (χ1v) is 10.0. The van der Waals surface area contributed by atoms with Gasteiger partial charge in [-0.3, -0.25) is 9.59 Å². The largest absolute Gasteiger partial charge is 0.349 e. The summed E-state index contributed by atoms with van der Waals surface area (Å²) >= 11 is 1.33. The molecule has 1 heterocycles. The summed E-state index contributed by atoms with van der Waals surface area (Å²) in [5.74, 6) is 0.473. The summed E-state index contributed by atoms with van der Waals surface area (Å²) in [5.41, 5.74) is 3.57. The van der Waals surface area contributed by atoms with Crippen molar-refractivity contribution in [2.24, 2.45) is 5.92 Å². The molecule has 1 aliphatic rings. The zero-order valence-electron chi connectivity index (χ0n) is 15.8. The molecule has 2 N–H and O–H groups in total. The van der Waals surface area contributed by atoms with E-state index < -0.39 is 0 Å². The van der Waals surface area contributed by atoms with E-state index in [1.807, 2.05) is 51.1 Å². The number of nitrogens with one attached hydrogen (secondary N) is 2. The van der Waals surface area contributed by atoms with E-state index >= 15 is 0 Å². The first kappa shape index (κ1) is 19.4. The number of aromatic nitrogens is 2. The predicted octanol–water partition coefficient (Wildman–Crippen LogP) is 3.41. The highest BCUT2D eigenvalue weighted by Crippen LogP contribution is 2.30. The summed E-state index contributed by atoms with van der Waals surface area (Å²) in [6.45, 7) is 5.77. The molecule has 0 unspecified atom stereocenters. The number of hydrogen-bond donors (Lipinski definition) is 2. The second-order valence-electron chi connectivity index (χ2n) is 6.90. The number of amides is 2. The number of nitrogens with zero attached hydrogens (tertiary/aromatic N) is 2. The minimum atomic E-state index is -0.119. The van der Waals surface area contributed by atoms with Gasteiger partial charge >= 0.3 is 0 Å². The number of carbonyl (C=O) groups is 2. The highest BCUT2D eigenvalue weighted by atomic mass is 32.2. The lowest BCUT2D eigenvalue weighted by Crippen LogP contribution is -2.28. The Hall–Kier alpha value is -2.41. The highest BCUT2D eigenvalue weighted by Gasteiger charge is 2.29. The Morgan fingerprint density at radius 2 is 1.78 bits per heavy atom. The zero-order chi connectivity index (χ0) is 19.4. The summed E-state index contributed by atoms with van der Waals surface area (Å²) in [6, 6.07) is 9.38. The quantitative estimate of drug-likeness (QED) is 0.564. The third-order valence-electron chi connectivity index (χ3n) is 4.30. The summed E-state index contributed by atoms with van der Waals surface area (Å²) in [4.78, 5) is 32.7. The van der Waals surface area contributed by atoms with E-state index in [1.165, 1.54) is 11.8 Å². The number of thioether (sulfide) groups is 1. The number of aryl methyl sites for hydroxylation is 2. The minimum Gasteiger partial charge on any atom is -0.349 e. The molecule has 27 heavy (non-hydrogen) atoms. The van der Waals surface area contributed by atoms with Crippen LogP contribution in [0.2, 0.25) is 0 Å². The van der Waals surface area contributed by atoms with Gasteiger partial charge in [0.05, 0.1) is 11.8 Å². The first-order chi connectivity index (χ1) is 12.9. The van der Waals surface area contributed by atoms with Crippen molar-refractivity contribution < 1.29 is 9.59 Å². The Balaban J connectivity index is 1.49. The van der Waals surface area contributed by atoms with Gasteiger partial charge in [-0.25, -0.2) is 9.97 Å². The summed E-state index contributed by atoms with van der Waals surface area (Å²) < 4.78 is 0. The molecule has 0 spiro atoms. The van der Waals surface area contributed by atoms with Gasteiger partial charge in [0.15, 0.2) is 5.16 Å². The maximum absolute atomic E-state index is 12.2. The highest BCUT2D eigenvalue weighted by molar-refractivity contribution is 7.99. The van der Waals surface area contributed by atoms with Crippen LogP contribution in [-0.4, -0.2) is 27.5 Å². The van der Waals surface area contributed by atoms with Crippen LogP contribution in [0.4, 0.5) is 5.69 Å². The predicted molar refractivity (Wildman–Crippen MR) is 107 cm³/mol. The molecule has 1 aliphatic carbocycles. The third kappa shape index (κ3) is 5.79. The van der Waals surface area contributed by atoms with Crippen LogP contribution >= 0.6 is 11.8 Å². The Morgan fingerprint density at radius 1 is 1.15 bits per heavy atom. The van der Waals surface area contributed by atoms with Crippen LogP contribution in [0.3, 0.4) is 0 Å². The second kappa shape index (κ2) is 8.52. The zero-order valence-corrected chi connectivity index (χ0v) is 16.6. The Bertz CT molecular complexity index is 814. The number of hydrogen-bond acceptors (Lipinski definition) is 5. The maximum Gasteiger partial charge on any atom is 0.230 e. The Morgan fingerprint density at radius 3 is 2.37 bits per heavy atom. The van der Waals surface area contributed by atoms with Crippen LogP contribution in [0.15, 0.2) is 35.5 Å². The minimum absolute atomic E-state index is 0.0682. The molecule has 0 aliphatic heterocycles. The smallest absolute Gasteiger partial charge is 0.230 e. The van der Waals surface area contributed by atoms with Crippen LogP contribution in [0, 0.1) is 19.8 Å². The molecule has 6 nitrogen and oxygen atoms in total. The van der Waals surface area contributed by atoms with Gasteiger partial charge in [0.2, 0.25) is 11.8 Å². The van der Waals surface area contributed by atoms with Gasteiger partial charge in [-0.05, 0) is 57.4 Å². The van der Waals surface area contributed by atoms with E-state index in [1.54, 1.807) is 0 Å². The first-order valence-electron chi connectivity index (χ1n) is 9.06. The van der Waals surface area contributed by atoms with Crippen molar-refractivity contribution in [1.29, 1.82) is 0 Å². The molecule has 1 saturated carbocycles. The number of carbonyl (C=O) groups excluding carboxylic acids is 2. The fourth-order valence-corrected chi connectivity index (χ4v) is 3.46. The Kier molecular flexibility index (Phi) is 6.11. The van der Waals surface area contributed by atoms with E-state index in [2.05, 4.69) is 20.6 Å². The van der Waals surface area contributed by atoms with Crippen molar-refractivity contribution in [3.8, 4) is 0 Å². The van der Waals surface area contributed by atoms with E-state index in [4.69, 9.17) is 0 Å². The molecule has 2 aromatic rings. The van der Waals surface area contributed by atoms with Crippen molar-refractivity contribution in [1.82, 2.24) is 15.3 Å². The van der Waals surface area contributed by atoms with Crippen LogP contribution < -0.4 is 10.6 Å². The molecule has 7 heteroatoms. The molecule has 1 aromatic carbocycles. The lowest BCUT2D eigenvalue weighted by molar-refractivity contribution is -0.119. The van der Waals surface area contributed by atoms with Gasteiger partial charge in [-0.15, -0.1) is 0 Å². The average molecular weight is 385 g/mol.